The summed E-state index contributed by atoms with van der Waals surface area (Å²) in [6, 6.07) is 0.280. The molecule has 0 saturated carbocycles. The van der Waals surface area contributed by atoms with Gasteiger partial charge in [0, 0.05) is 41.0 Å². The van der Waals surface area contributed by atoms with Crippen molar-refractivity contribution in [2.75, 3.05) is 19.6 Å². The van der Waals surface area contributed by atoms with E-state index in [2.05, 4.69) is 43.8 Å². The van der Waals surface area contributed by atoms with Crippen LogP contribution in [0.4, 0.5) is 0 Å². The molecule has 0 aromatic heterocycles. The van der Waals surface area contributed by atoms with Crippen LogP contribution in [0.2, 0.25) is 0 Å². The Labute approximate surface area is 93.4 Å². The molecule has 1 aliphatic heterocycles. The van der Waals surface area contributed by atoms with Gasteiger partial charge in [0.1, 0.15) is 0 Å². The van der Waals surface area contributed by atoms with Crippen LogP contribution in [-0.4, -0.2) is 36.5 Å². The van der Waals surface area contributed by atoms with E-state index in [1.165, 1.54) is 6.42 Å². The zero-order valence-electron chi connectivity index (χ0n) is 8.35. The largest absolute Gasteiger partial charge is 0.341 e. The van der Waals surface area contributed by atoms with Crippen LogP contribution in [0.15, 0.2) is 0 Å². The molecule has 1 unspecified atom stereocenters. The van der Waals surface area contributed by atoms with E-state index in [-0.39, 0.29) is 11.9 Å². The highest BCUT2D eigenvalue weighted by molar-refractivity contribution is 9.12. The Morgan fingerprint density at radius 1 is 1.71 bits per heavy atom. The fourth-order valence-corrected chi connectivity index (χ4v) is 1.91. The van der Waals surface area contributed by atoms with Crippen molar-refractivity contribution in [3.63, 3.8) is 0 Å². The first kappa shape index (κ1) is 11.5. The minimum atomic E-state index is -0.190. The number of likely N-dealkylation sites (tertiary alicyclic amines) is 1. The van der Waals surface area contributed by atoms with Gasteiger partial charge in [-0.05, 0) is 24.2 Å². The third kappa shape index (κ3) is 3.69. The third-order valence-electron chi connectivity index (χ3n) is 2.31. The van der Waals surface area contributed by atoms with Gasteiger partial charge in [0.25, 0.3) is 5.91 Å². The van der Waals surface area contributed by atoms with Gasteiger partial charge in [-0.2, -0.15) is 0 Å². The van der Waals surface area contributed by atoms with Crippen LogP contribution in [0.3, 0.4) is 0 Å². The molecule has 1 amide bonds. The fourth-order valence-electron chi connectivity index (χ4n) is 1.73. The van der Waals surface area contributed by atoms with Crippen molar-refractivity contribution < 1.29 is 4.79 Å². The van der Waals surface area contributed by atoms with Crippen molar-refractivity contribution in [1.82, 2.24) is 10.2 Å². The quantitative estimate of drug-likeness (QED) is 0.765. The number of hydrogen-bond donors (Lipinski definition) is 1. The van der Waals surface area contributed by atoms with Gasteiger partial charge in [0.15, 0.2) is 0 Å². The number of amides is 1. The highest BCUT2D eigenvalue weighted by Gasteiger charge is 2.22. The van der Waals surface area contributed by atoms with Crippen molar-refractivity contribution in [2.24, 2.45) is 0 Å². The molecule has 0 radical (unpaired) electrons. The van der Waals surface area contributed by atoms with Gasteiger partial charge in [-0.1, -0.05) is 6.92 Å². The first-order chi connectivity index (χ1) is 6.76. The first-order valence-corrected chi connectivity index (χ1v) is 5.70. The lowest BCUT2D eigenvalue weighted by Gasteiger charge is -2.14. The molecule has 0 aromatic carbocycles. The van der Waals surface area contributed by atoms with E-state index >= 15 is 0 Å². The second-order valence-electron chi connectivity index (χ2n) is 3.48. The van der Waals surface area contributed by atoms with E-state index in [4.69, 9.17) is 0 Å². The molecule has 1 rings (SSSR count). The van der Waals surface area contributed by atoms with E-state index in [0.717, 1.165) is 26.1 Å². The number of nitrogens with one attached hydrogen (secondary N) is 1. The predicted octanol–water partition coefficient (Wildman–Crippen LogP) is 0.943. The Bertz CT molecular complexity index is 257. The molecule has 78 valence electrons. The Balaban J connectivity index is 2.27. The van der Waals surface area contributed by atoms with E-state index in [0.29, 0.717) is 0 Å². The van der Waals surface area contributed by atoms with Crippen LogP contribution >= 0.6 is 15.9 Å². The summed E-state index contributed by atoms with van der Waals surface area (Å²) in [5, 5.41) is 2.88. The normalized spacial score (nSPS) is 21.4. The maximum atomic E-state index is 11.1. The molecule has 0 aromatic rings. The van der Waals surface area contributed by atoms with Gasteiger partial charge < -0.3 is 10.2 Å². The molecule has 4 heteroatoms. The van der Waals surface area contributed by atoms with Crippen LogP contribution < -0.4 is 5.32 Å². The Hall–Kier alpha value is -0.530. The summed E-state index contributed by atoms with van der Waals surface area (Å²) >= 11 is 2.90. The van der Waals surface area contributed by atoms with Crippen LogP contribution in [0.25, 0.3) is 0 Å². The summed E-state index contributed by atoms with van der Waals surface area (Å²) in [5.41, 5.74) is 0. The molecular weight excluding hydrogens is 244 g/mol. The molecule has 0 spiro atoms. The molecule has 0 bridgehead atoms. The molecule has 0 aliphatic carbocycles. The smallest absolute Gasteiger partial charge is 0.297 e. The lowest BCUT2D eigenvalue weighted by atomic mass is 10.2. The Morgan fingerprint density at radius 3 is 3.14 bits per heavy atom. The summed E-state index contributed by atoms with van der Waals surface area (Å²) in [5.74, 6) is 2.23. The topological polar surface area (TPSA) is 32.3 Å². The number of carbonyl (C=O) groups excluding carboxylic acids is 1. The maximum absolute atomic E-state index is 11.1. The number of halogens is 1. The van der Waals surface area contributed by atoms with Crippen molar-refractivity contribution in [3.05, 3.63) is 0 Å². The van der Waals surface area contributed by atoms with Crippen molar-refractivity contribution >= 4 is 21.8 Å². The molecular formula is C10H15BrN2O. The molecule has 1 atom stereocenters. The van der Waals surface area contributed by atoms with Crippen LogP contribution in [-0.2, 0) is 4.79 Å². The molecule has 1 heterocycles. The van der Waals surface area contributed by atoms with Gasteiger partial charge in [0.2, 0.25) is 0 Å². The van der Waals surface area contributed by atoms with Gasteiger partial charge in [0.05, 0.1) is 0 Å². The monoisotopic (exact) mass is 258 g/mol. The molecule has 14 heavy (non-hydrogen) atoms. The lowest BCUT2D eigenvalue weighted by Crippen LogP contribution is -2.36. The van der Waals surface area contributed by atoms with Crippen molar-refractivity contribution in [3.8, 4) is 10.8 Å². The lowest BCUT2D eigenvalue weighted by molar-refractivity contribution is -0.116. The van der Waals surface area contributed by atoms with Gasteiger partial charge >= 0.3 is 0 Å². The number of carbonyl (C=O) groups is 1. The predicted molar refractivity (Wildman–Crippen MR) is 60.0 cm³/mol. The van der Waals surface area contributed by atoms with Gasteiger partial charge in [-0.3, -0.25) is 4.79 Å². The zero-order valence-corrected chi connectivity index (χ0v) is 9.93. The van der Waals surface area contributed by atoms with E-state index < -0.39 is 0 Å². The number of hydrogen-bond acceptors (Lipinski definition) is 2. The number of nitrogens with zero attached hydrogens (tertiary/aromatic N) is 1. The summed E-state index contributed by atoms with van der Waals surface area (Å²) in [6.45, 7) is 5.34. The van der Waals surface area contributed by atoms with E-state index in [1.54, 1.807) is 0 Å². The second kappa shape index (κ2) is 6.05. The average molecular weight is 259 g/mol. The van der Waals surface area contributed by atoms with E-state index in [9.17, 15) is 4.79 Å². The highest BCUT2D eigenvalue weighted by atomic mass is 79.9. The summed E-state index contributed by atoms with van der Waals surface area (Å²) in [4.78, 5) is 15.9. The molecule has 1 N–H and O–H groups in total. The van der Waals surface area contributed by atoms with Crippen LogP contribution in [0.1, 0.15) is 19.8 Å². The van der Waals surface area contributed by atoms with Crippen LogP contribution in [0.5, 0.6) is 0 Å². The second-order valence-corrected chi connectivity index (χ2v) is 3.88. The first-order valence-electron chi connectivity index (χ1n) is 4.90. The summed E-state index contributed by atoms with van der Waals surface area (Å²) in [7, 11) is 0. The van der Waals surface area contributed by atoms with Crippen LogP contribution in [0, 0.1) is 10.8 Å². The minimum absolute atomic E-state index is 0.190. The molecule has 1 saturated heterocycles. The maximum Gasteiger partial charge on any atom is 0.297 e. The van der Waals surface area contributed by atoms with Crippen molar-refractivity contribution in [1.29, 1.82) is 0 Å². The fraction of sp³-hybridized carbons (Fsp3) is 0.700. The minimum Gasteiger partial charge on any atom is -0.341 e. The van der Waals surface area contributed by atoms with Gasteiger partial charge in [-0.25, -0.2) is 0 Å². The summed E-state index contributed by atoms with van der Waals surface area (Å²) in [6.07, 6.45) is 2.21. The molecule has 1 aliphatic rings. The molecule has 1 fully saturated rings. The third-order valence-corrected chi connectivity index (χ3v) is 2.51. The Morgan fingerprint density at radius 2 is 2.50 bits per heavy atom. The summed E-state index contributed by atoms with van der Waals surface area (Å²) < 4.78 is 0. The van der Waals surface area contributed by atoms with Crippen molar-refractivity contribution in [2.45, 2.75) is 25.8 Å². The average Bonchev–Trinajstić information content (AvgIpc) is 2.53. The highest BCUT2D eigenvalue weighted by Crippen LogP contribution is 2.08. The number of rotatable bonds is 3. The van der Waals surface area contributed by atoms with Gasteiger partial charge in [-0.15, -0.1) is 0 Å². The van der Waals surface area contributed by atoms with E-state index in [1.807, 2.05) is 0 Å². The SMILES string of the molecule is CCCN1CCC(NC(=O)C#CBr)C1. The Kier molecular flexibility index (Phi) is 4.99. The molecule has 3 nitrogen and oxygen atoms in total. The zero-order chi connectivity index (χ0) is 10.4. The standard InChI is InChI=1S/C10H15BrN2O/c1-2-6-13-7-4-9(8-13)12-10(14)3-5-11/h9H,2,4,6-8H2,1H3,(H,12,14).